The van der Waals surface area contributed by atoms with Crippen LogP contribution in [0.4, 0.5) is 18.9 Å². The van der Waals surface area contributed by atoms with Crippen LogP contribution in [0.15, 0.2) is 47.4 Å². The minimum Gasteiger partial charge on any atom is -0.406 e. The zero-order valence-corrected chi connectivity index (χ0v) is 17.1. The average molecular weight is 463 g/mol. The van der Waals surface area contributed by atoms with Gasteiger partial charge in [-0.3, -0.25) is 4.79 Å². The number of ether oxygens (including phenoxy) is 1. The molecule has 0 unspecified atom stereocenters. The molecule has 30 heavy (non-hydrogen) atoms. The smallest absolute Gasteiger partial charge is 0.406 e. The Hall–Kier alpha value is -2.30. The molecule has 1 saturated heterocycles. The molecule has 0 aliphatic carbocycles. The van der Waals surface area contributed by atoms with Gasteiger partial charge in [0.25, 0.3) is 5.91 Å². The van der Waals surface area contributed by atoms with E-state index in [1.807, 2.05) is 0 Å². The summed E-state index contributed by atoms with van der Waals surface area (Å²) in [4.78, 5) is 12.5. The highest BCUT2D eigenvalue weighted by Crippen LogP contribution is 2.27. The van der Waals surface area contributed by atoms with E-state index in [1.165, 1.54) is 34.6 Å². The summed E-state index contributed by atoms with van der Waals surface area (Å²) in [5.74, 6) is -1.13. The molecule has 1 amide bonds. The Kier molecular flexibility index (Phi) is 6.59. The number of benzene rings is 2. The number of nitrogens with zero attached hydrogens (tertiary/aromatic N) is 1. The van der Waals surface area contributed by atoms with Gasteiger partial charge in [0.15, 0.2) is 0 Å². The first kappa shape index (κ1) is 22.4. The van der Waals surface area contributed by atoms with Crippen molar-refractivity contribution in [2.75, 3.05) is 18.4 Å². The standard InChI is InChI=1S/C19H18ClF3N2O4S/c20-17-9-8-15(30(27,28)25-10-2-1-3-11-25)12-16(17)18(26)24-13-4-6-14(7-5-13)29-19(21,22)23/h4-9,12H,1-3,10-11H2,(H,24,26). The van der Waals surface area contributed by atoms with Crippen molar-refractivity contribution in [2.45, 2.75) is 30.5 Å². The maximum atomic E-state index is 12.8. The molecular formula is C19H18ClF3N2O4S. The van der Waals surface area contributed by atoms with Gasteiger partial charge in [-0.25, -0.2) is 8.42 Å². The Labute approximate surface area is 176 Å². The van der Waals surface area contributed by atoms with Crippen LogP contribution in [0.5, 0.6) is 5.75 Å². The van der Waals surface area contributed by atoms with Crippen LogP contribution in [0.1, 0.15) is 29.6 Å². The second kappa shape index (κ2) is 8.83. The van der Waals surface area contributed by atoms with Gasteiger partial charge in [0.05, 0.1) is 15.5 Å². The van der Waals surface area contributed by atoms with E-state index >= 15 is 0 Å². The van der Waals surface area contributed by atoms with Gasteiger partial charge in [0.1, 0.15) is 5.75 Å². The molecule has 3 rings (SSSR count). The van der Waals surface area contributed by atoms with E-state index in [2.05, 4.69) is 10.1 Å². The van der Waals surface area contributed by atoms with E-state index in [0.29, 0.717) is 13.1 Å². The molecule has 6 nitrogen and oxygen atoms in total. The van der Waals surface area contributed by atoms with E-state index in [-0.39, 0.29) is 21.2 Å². The average Bonchev–Trinajstić information content (AvgIpc) is 2.69. The van der Waals surface area contributed by atoms with Crippen molar-refractivity contribution in [2.24, 2.45) is 0 Å². The first-order chi connectivity index (χ1) is 14.1. The molecule has 1 aliphatic heterocycles. The van der Waals surface area contributed by atoms with Gasteiger partial charge in [0.2, 0.25) is 10.0 Å². The van der Waals surface area contributed by atoms with Gasteiger partial charge in [0, 0.05) is 18.8 Å². The second-order valence-electron chi connectivity index (χ2n) is 6.63. The molecule has 162 valence electrons. The Bertz CT molecular complexity index is 1020. The molecule has 1 fully saturated rings. The molecule has 0 radical (unpaired) electrons. The number of halogens is 4. The minimum absolute atomic E-state index is 0.0436. The molecule has 0 bridgehead atoms. The molecule has 1 aliphatic rings. The van der Waals surface area contributed by atoms with Gasteiger partial charge in [-0.15, -0.1) is 13.2 Å². The zero-order chi connectivity index (χ0) is 21.9. The van der Waals surface area contributed by atoms with Crippen LogP contribution in [0, 0.1) is 0 Å². The maximum Gasteiger partial charge on any atom is 0.573 e. The van der Waals surface area contributed by atoms with Crippen LogP contribution in [0.25, 0.3) is 0 Å². The van der Waals surface area contributed by atoms with Crippen LogP contribution in [0.2, 0.25) is 5.02 Å². The SMILES string of the molecule is O=C(Nc1ccc(OC(F)(F)F)cc1)c1cc(S(=O)(=O)N2CCCCC2)ccc1Cl. The fourth-order valence-electron chi connectivity index (χ4n) is 3.03. The fourth-order valence-corrected chi connectivity index (χ4v) is 4.78. The fraction of sp³-hybridized carbons (Fsp3) is 0.316. The lowest BCUT2D eigenvalue weighted by Crippen LogP contribution is -2.35. The highest BCUT2D eigenvalue weighted by Gasteiger charge is 2.31. The topological polar surface area (TPSA) is 75.7 Å². The maximum absolute atomic E-state index is 12.8. The molecule has 2 aromatic rings. The number of hydrogen-bond acceptors (Lipinski definition) is 4. The third kappa shape index (κ3) is 5.44. The number of anilines is 1. The van der Waals surface area contributed by atoms with Gasteiger partial charge < -0.3 is 10.1 Å². The normalized spacial score (nSPS) is 15.6. The van der Waals surface area contributed by atoms with Crippen LogP contribution in [-0.4, -0.2) is 38.1 Å². The summed E-state index contributed by atoms with van der Waals surface area (Å²) in [6, 6.07) is 8.40. The lowest BCUT2D eigenvalue weighted by atomic mass is 10.2. The molecule has 2 aromatic carbocycles. The molecule has 11 heteroatoms. The number of carbonyl (C=O) groups is 1. The quantitative estimate of drug-likeness (QED) is 0.701. The lowest BCUT2D eigenvalue weighted by Gasteiger charge is -2.26. The number of amides is 1. The Balaban J connectivity index is 1.78. The molecule has 1 heterocycles. The van der Waals surface area contributed by atoms with E-state index < -0.39 is 28.0 Å². The second-order valence-corrected chi connectivity index (χ2v) is 8.98. The van der Waals surface area contributed by atoms with Crippen LogP contribution in [-0.2, 0) is 10.0 Å². The summed E-state index contributed by atoms with van der Waals surface area (Å²) in [7, 11) is -3.76. The van der Waals surface area contributed by atoms with Crippen LogP contribution >= 0.6 is 11.6 Å². The molecular weight excluding hydrogens is 445 g/mol. The summed E-state index contributed by atoms with van der Waals surface area (Å²) in [5, 5.41) is 2.52. The van der Waals surface area contributed by atoms with Crippen molar-refractivity contribution < 1.29 is 31.1 Å². The Morgan fingerprint density at radius 2 is 1.67 bits per heavy atom. The third-order valence-electron chi connectivity index (χ3n) is 4.48. The van der Waals surface area contributed by atoms with E-state index in [9.17, 15) is 26.4 Å². The zero-order valence-electron chi connectivity index (χ0n) is 15.6. The largest absolute Gasteiger partial charge is 0.573 e. The minimum atomic E-state index is -4.82. The van der Waals surface area contributed by atoms with Gasteiger partial charge >= 0.3 is 6.36 Å². The van der Waals surface area contributed by atoms with Crippen molar-refractivity contribution in [3.05, 3.63) is 53.1 Å². The summed E-state index contributed by atoms with van der Waals surface area (Å²) >= 11 is 6.08. The predicted molar refractivity (Wildman–Crippen MR) is 105 cm³/mol. The number of hydrogen-bond donors (Lipinski definition) is 1. The number of rotatable bonds is 5. The summed E-state index contributed by atoms with van der Waals surface area (Å²) in [6.07, 6.45) is -2.31. The van der Waals surface area contributed by atoms with Crippen LogP contribution < -0.4 is 10.1 Å². The number of carbonyl (C=O) groups excluding carboxylic acids is 1. The Morgan fingerprint density at radius 1 is 1.03 bits per heavy atom. The van der Waals surface area contributed by atoms with Crippen molar-refractivity contribution in [3.63, 3.8) is 0 Å². The van der Waals surface area contributed by atoms with E-state index in [4.69, 9.17) is 11.6 Å². The van der Waals surface area contributed by atoms with Gasteiger partial charge in [-0.05, 0) is 55.3 Å². The molecule has 0 atom stereocenters. The van der Waals surface area contributed by atoms with Crippen molar-refractivity contribution in [1.29, 1.82) is 0 Å². The Morgan fingerprint density at radius 3 is 2.27 bits per heavy atom. The number of nitrogens with one attached hydrogen (secondary N) is 1. The summed E-state index contributed by atoms with van der Waals surface area (Å²) in [5.41, 5.74) is 0.125. The molecule has 0 aromatic heterocycles. The monoisotopic (exact) mass is 462 g/mol. The number of alkyl halides is 3. The van der Waals surface area contributed by atoms with Crippen molar-refractivity contribution >= 4 is 33.2 Å². The molecule has 0 saturated carbocycles. The predicted octanol–water partition coefficient (Wildman–Crippen LogP) is 4.67. The lowest BCUT2D eigenvalue weighted by molar-refractivity contribution is -0.274. The number of sulfonamides is 1. The first-order valence-corrected chi connectivity index (χ1v) is 10.8. The van der Waals surface area contributed by atoms with Gasteiger partial charge in [-0.1, -0.05) is 18.0 Å². The third-order valence-corrected chi connectivity index (χ3v) is 6.71. The highest BCUT2D eigenvalue weighted by atomic mass is 35.5. The van der Waals surface area contributed by atoms with Gasteiger partial charge in [-0.2, -0.15) is 4.31 Å². The molecule has 0 spiro atoms. The highest BCUT2D eigenvalue weighted by molar-refractivity contribution is 7.89. The van der Waals surface area contributed by atoms with Crippen molar-refractivity contribution in [3.8, 4) is 5.75 Å². The van der Waals surface area contributed by atoms with E-state index in [0.717, 1.165) is 31.4 Å². The van der Waals surface area contributed by atoms with E-state index in [1.54, 1.807) is 0 Å². The van der Waals surface area contributed by atoms with Crippen molar-refractivity contribution in [1.82, 2.24) is 4.31 Å². The summed E-state index contributed by atoms with van der Waals surface area (Å²) in [6.45, 7) is 0.831. The summed E-state index contributed by atoms with van der Waals surface area (Å²) < 4.78 is 67.5. The van der Waals surface area contributed by atoms with Crippen LogP contribution in [0.3, 0.4) is 0 Å². The first-order valence-electron chi connectivity index (χ1n) is 9.03. The molecule has 1 N–H and O–H groups in total. The number of piperidine rings is 1.